The number of esters is 1. The minimum Gasteiger partial charge on any atom is -0.424 e. The van der Waals surface area contributed by atoms with Crippen molar-refractivity contribution < 1.29 is 23.9 Å². The second-order valence-electron chi connectivity index (χ2n) is 8.35. The van der Waals surface area contributed by atoms with Crippen molar-refractivity contribution in [3.05, 3.63) is 42.0 Å². The average molecular weight is 379 g/mol. The van der Waals surface area contributed by atoms with Gasteiger partial charge in [0.05, 0.1) is 17.4 Å². The summed E-state index contributed by atoms with van der Waals surface area (Å²) in [5.74, 6) is -0.741. The molecule has 0 aromatic heterocycles. The molecule has 7 atom stereocenters. The standard InChI is InChI=1S/C22H21NO5/c1-10(22(27)28-17-6-4-3-5-12(17)11(2)24)23-20(25)18-13-7-8-14(16-9-15(13)16)19(18)21(23)26/h3-8,10,13-16,18-19H,9H2,1-2H3/t10-,13-,14-,15-,16+,18+,19+/m0/s1. The first-order valence-corrected chi connectivity index (χ1v) is 9.77. The summed E-state index contributed by atoms with van der Waals surface area (Å²) in [5, 5.41) is 0. The summed E-state index contributed by atoms with van der Waals surface area (Å²) in [7, 11) is 0. The molecule has 1 heterocycles. The number of rotatable bonds is 4. The van der Waals surface area contributed by atoms with Crippen LogP contribution in [-0.2, 0) is 14.4 Å². The van der Waals surface area contributed by atoms with Crippen molar-refractivity contribution in [3.63, 3.8) is 0 Å². The second kappa shape index (κ2) is 5.87. The van der Waals surface area contributed by atoms with E-state index in [0.717, 1.165) is 11.3 Å². The van der Waals surface area contributed by atoms with E-state index in [9.17, 15) is 19.2 Å². The van der Waals surface area contributed by atoms with Gasteiger partial charge in [-0.05, 0) is 56.1 Å². The van der Waals surface area contributed by atoms with Crippen LogP contribution in [0.4, 0.5) is 0 Å². The number of hydrogen-bond acceptors (Lipinski definition) is 5. The number of amides is 2. The van der Waals surface area contributed by atoms with Crippen molar-refractivity contribution in [2.75, 3.05) is 0 Å². The van der Waals surface area contributed by atoms with Crippen LogP contribution in [0.2, 0.25) is 0 Å². The third-order valence-corrected chi connectivity index (χ3v) is 6.90. The van der Waals surface area contributed by atoms with Crippen molar-refractivity contribution in [1.82, 2.24) is 4.90 Å². The van der Waals surface area contributed by atoms with Gasteiger partial charge in [-0.1, -0.05) is 24.3 Å². The number of ketones is 1. The average Bonchev–Trinajstić information content (AvgIpc) is 3.45. The van der Waals surface area contributed by atoms with Crippen molar-refractivity contribution >= 4 is 23.6 Å². The maximum Gasteiger partial charge on any atom is 0.334 e. The molecule has 1 aromatic carbocycles. The first-order valence-electron chi connectivity index (χ1n) is 9.77. The monoisotopic (exact) mass is 379 g/mol. The van der Waals surface area contributed by atoms with Crippen LogP contribution in [-0.4, -0.2) is 34.5 Å². The summed E-state index contributed by atoms with van der Waals surface area (Å²) in [4.78, 5) is 51.7. The van der Waals surface area contributed by atoms with E-state index < -0.39 is 12.0 Å². The Morgan fingerprint density at radius 2 is 1.61 bits per heavy atom. The van der Waals surface area contributed by atoms with E-state index >= 15 is 0 Å². The fourth-order valence-electron chi connectivity index (χ4n) is 5.51. The summed E-state index contributed by atoms with van der Waals surface area (Å²) >= 11 is 0. The number of imide groups is 1. The van der Waals surface area contributed by atoms with Crippen molar-refractivity contribution in [2.24, 2.45) is 35.5 Å². The normalized spacial score (nSPS) is 35.4. The summed E-state index contributed by atoms with van der Waals surface area (Å²) in [5.41, 5.74) is 0.290. The maximum atomic E-state index is 13.1. The van der Waals surface area contributed by atoms with Crippen LogP contribution < -0.4 is 4.74 Å². The van der Waals surface area contributed by atoms with Gasteiger partial charge >= 0.3 is 5.97 Å². The van der Waals surface area contributed by atoms with Crippen LogP contribution in [0.25, 0.3) is 0 Å². The molecule has 0 radical (unpaired) electrons. The predicted octanol–water partition coefficient (Wildman–Crippen LogP) is 2.24. The van der Waals surface area contributed by atoms with Gasteiger partial charge in [-0.15, -0.1) is 0 Å². The highest BCUT2D eigenvalue weighted by Crippen LogP contribution is 2.65. The van der Waals surface area contributed by atoms with E-state index in [-0.39, 0.29) is 52.6 Å². The van der Waals surface area contributed by atoms with Crippen LogP contribution in [0.3, 0.4) is 0 Å². The maximum absolute atomic E-state index is 13.1. The van der Waals surface area contributed by atoms with Gasteiger partial charge in [-0.2, -0.15) is 0 Å². The lowest BCUT2D eigenvalue weighted by Crippen LogP contribution is -2.45. The van der Waals surface area contributed by atoms with Gasteiger partial charge in [0.15, 0.2) is 5.78 Å². The summed E-state index contributed by atoms with van der Waals surface area (Å²) in [6.45, 7) is 2.91. The number of ether oxygens (including phenoxy) is 1. The fraction of sp³-hybridized carbons (Fsp3) is 0.455. The van der Waals surface area contributed by atoms with Gasteiger partial charge in [0.1, 0.15) is 11.8 Å². The highest BCUT2D eigenvalue weighted by molar-refractivity contribution is 6.09. The topological polar surface area (TPSA) is 80.8 Å². The predicted molar refractivity (Wildman–Crippen MR) is 98.1 cm³/mol. The zero-order valence-electron chi connectivity index (χ0n) is 15.7. The Bertz CT molecular complexity index is 914. The first kappa shape index (κ1) is 17.3. The number of nitrogens with zero attached hydrogens (tertiary/aromatic N) is 1. The van der Waals surface area contributed by atoms with Crippen LogP contribution in [0.15, 0.2) is 36.4 Å². The highest BCUT2D eigenvalue weighted by atomic mass is 16.5. The number of para-hydroxylation sites is 1. The number of benzene rings is 1. The molecule has 28 heavy (non-hydrogen) atoms. The lowest BCUT2D eigenvalue weighted by Gasteiger charge is -2.37. The molecular formula is C22H21NO5. The van der Waals surface area contributed by atoms with Crippen LogP contribution in [0.5, 0.6) is 5.75 Å². The summed E-state index contributed by atoms with van der Waals surface area (Å²) in [6, 6.07) is 5.43. The number of carbonyl (C=O) groups is 4. The number of likely N-dealkylation sites (tertiary alicyclic amines) is 1. The van der Waals surface area contributed by atoms with Gasteiger partial charge in [0.2, 0.25) is 11.8 Å². The zero-order chi connectivity index (χ0) is 19.7. The van der Waals surface area contributed by atoms with Gasteiger partial charge in [0.25, 0.3) is 0 Å². The van der Waals surface area contributed by atoms with E-state index in [2.05, 4.69) is 12.2 Å². The molecule has 0 spiro atoms. The van der Waals surface area contributed by atoms with E-state index in [1.165, 1.54) is 19.9 Å². The molecule has 2 amide bonds. The Hall–Kier alpha value is -2.76. The third kappa shape index (κ3) is 2.26. The molecule has 1 saturated heterocycles. The minimum absolute atomic E-state index is 0.114. The van der Waals surface area contributed by atoms with E-state index in [4.69, 9.17) is 4.74 Å². The van der Waals surface area contributed by atoms with E-state index in [0.29, 0.717) is 11.8 Å². The Morgan fingerprint density at radius 3 is 2.18 bits per heavy atom. The Labute approximate surface area is 162 Å². The van der Waals surface area contributed by atoms with E-state index in [1.807, 2.05) is 0 Å². The fourth-order valence-corrected chi connectivity index (χ4v) is 5.51. The van der Waals surface area contributed by atoms with Gasteiger partial charge in [-0.25, -0.2) is 4.79 Å². The molecule has 4 aliphatic carbocycles. The largest absolute Gasteiger partial charge is 0.424 e. The molecule has 3 fully saturated rings. The van der Waals surface area contributed by atoms with Gasteiger partial charge < -0.3 is 4.74 Å². The molecule has 1 aromatic rings. The molecule has 6 nitrogen and oxygen atoms in total. The second-order valence-corrected chi connectivity index (χ2v) is 8.35. The Balaban J connectivity index is 1.38. The number of Topliss-reactive ketones (excluding diaryl/α,β-unsaturated/α-hetero) is 1. The van der Waals surface area contributed by atoms with Crippen molar-refractivity contribution in [2.45, 2.75) is 26.3 Å². The molecular weight excluding hydrogens is 358 g/mol. The number of carbonyl (C=O) groups excluding carboxylic acids is 4. The lowest BCUT2D eigenvalue weighted by atomic mass is 9.63. The van der Waals surface area contributed by atoms with Gasteiger partial charge in [-0.3, -0.25) is 19.3 Å². The summed E-state index contributed by atoms with van der Waals surface area (Å²) < 4.78 is 5.41. The zero-order valence-corrected chi connectivity index (χ0v) is 15.7. The molecule has 144 valence electrons. The number of hydrogen-bond donors (Lipinski definition) is 0. The lowest BCUT2D eigenvalue weighted by molar-refractivity contribution is -0.152. The molecule has 0 N–H and O–H groups in total. The highest BCUT2D eigenvalue weighted by Gasteiger charge is 2.67. The first-order chi connectivity index (χ1) is 13.4. The molecule has 0 unspecified atom stereocenters. The minimum atomic E-state index is -1.03. The molecule has 6 rings (SSSR count). The Morgan fingerprint density at radius 1 is 1.04 bits per heavy atom. The molecule has 5 aliphatic rings. The Kier molecular flexibility index (Phi) is 3.63. The third-order valence-electron chi connectivity index (χ3n) is 6.90. The summed E-state index contributed by atoms with van der Waals surface area (Å²) in [6.07, 6.45) is 5.29. The van der Waals surface area contributed by atoms with Crippen molar-refractivity contribution in [3.8, 4) is 5.75 Å². The van der Waals surface area contributed by atoms with E-state index in [1.54, 1.807) is 18.2 Å². The SMILES string of the molecule is CC(=O)c1ccccc1OC(=O)[C@H](C)N1C(=O)[C@@H]2[C@H]3C=C[C@@H]([C@@H]4C[C@H]34)[C@H]2C1=O. The van der Waals surface area contributed by atoms with Crippen LogP contribution in [0.1, 0.15) is 30.6 Å². The molecule has 6 heteroatoms. The molecule has 1 aliphatic heterocycles. The van der Waals surface area contributed by atoms with Crippen LogP contribution in [0, 0.1) is 35.5 Å². The number of allylic oxidation sites excluding steroid dienone is 2. The molecule has 2 saturated carbocycles. The van der Waals surface area contributed by atoms with Gasteiger partial charge in [0, 0.05) is 0 Å². The van der Waals surface area contributed by atoms with Crippen molar-refractivity contribution in [1.29, 1.82) is 0 Å². The quantitative estimate of drug-likeness (QED) is 0.263. The smallest absolute Gasteiger partial charge is 0.334 e. The molecule has 2 bridgehead atoms. The van der Waals surface area contributed by atoms with Crippen LogP contribution >= 0.6 is 0 Å².